The molecule has 1 aromatic carbocycles. The van der Waals surface area contributed by atoms with E-state index < -0.39 is 0 Å². The predicted molar refractivity (Wildman–Crippen MR) is 73.7 cm³/mol. The summed E-state index contributed by atoms with van der Waals surface area (Å²) < 4.78 is 0. The Balaban J connectivity index is 2.09. The number of amides is 2. The topological polar surface area (TPSA) is 49.4 Å². The summed E-state index contributed by atoms with van der Waals surface area (Å²) in [6, 6.07) is 3.79. The van der Waals surface area contributed by atoms with E-state index in [1.54, 1.807) is 6.07 Å². The Kier molecular flexibility index (Phi) is 3.01. The number of carbonyl (C=O) groups excluding carboxylic acids is 2. The molecule has 4 nitrogen and oxygen atoms in total. The Labute approximate surface area is 112 Å². The van der Waals surface area contributed by atoms with Crippen molar-refractivity contribution in [2.75, 3.05) is 18.0 Å². The van der Waals surface area contributed by atoms with E-state index in [2.05, 4.69) is 10.2 Å². The molecule has 1 fully saturated rings. The van der Waals surface area contributed by atoms with Gasteiger partial charge in [-0.15, -0.1) is 0 Å². The molecule has 0 aliphatic carbocycles. The van der Waals surface area contributed by atoms with Crippen LogP contribution in [-0.4, -0.2) is 24.9 Å². The van der Waals surface area contributed by atoms with Crippen LogP contribution in [0.2, 0.25) is 0 Å². The van der Waals surface area contributed by atoms with E-state index in [1.165, 1.54) is 19.3 Å². The van der Waals surface area contributed by atoms with Crippen molar-refractivity contribution in [2.45, 2.75) is 32.6 Å². The minimum Gasteiger partial charge on any atom is -0.371 e. The lowest BCUT2D eigenvalue weighted by Gasteiger charge is -2.31. The monoisotopic (exact) mass is 258 g/mol. The van der Waals surface area contributed by atoms with E-state index in [1.807, 2.05) is 13.0 Å². The molecule has 0 spiro atoms. The maximum absolute atomic E-state index is 11.9. The van der Waals surface area contributed by atoms with Crippen molar-refractivity contribution in [2.24, 2.45) is 0 Å². The van der Waals surface area contributed by atoms with E-state index >= 15 is 0 Å². The second-order valence-corrected chi connectivity index (χ2v) is 5.17. The molecule has 2 aliphatic rings. The number of benzene rings is 1. The van der Waals surface area contributed by atoms with Crippen LogP contribution >= 0.6 is 0 Å². The van der Waals surface area contributed by atoms with Gasteiger partial charge in [-0.25, -0.2) is 0 Å². The molecular formula is C15H18N2O2. The third-order valence-corrected chi connectivity index (χ3v) is 4.04. The van der Waals surface area contributed by atoms with Gasteiger partial charge in [-0.3, -0.25) is 14.9 Å². The molecule has 0 aromatic heterocycles. The van der Waals surface area contributed by atoms with Crippen LogP contribution < -0.4 is 10.2 Å². The van der Waals surface area contributed by atoms with Crippen LogP contribution in [0.15, 0.2) is 12.1 Å². The summed E-state index contributed by atoms with van der Waals surface area (Å²) in [4.78, 5) is 26.0. The number of hydrogen-bond acceptors (Lipinski definition) is 3. The van der Waals surface area contributed by atoms with E-state index in [0.29, 0.717) is 11.1 Å². The summed E-state index contributed by atoms with van der Waals surface area (Å²) in [6.45, 7) is 4.13. The van der Waals surface area contributed by atoms with Crippen molar-refractivity contribution >= 4 is 17.5 Å². The molecule has 0 saturated carbocycles. The first-order chi connectivity index (χ1) is 9.22. The van der Waals surface area contributed by atoms with Gasteiger partial charge in [-0.2, -0.15) is 0 Å². The van der Waals surface area contributed by atoms with Crippen LogP contribution in [0.5, 0.6) is 0 Å². The molecular weight excluding hydrogens is 240 g/mol. The summed E-state index contributed by atoms with van der Waals surface area (Å²) in [5.41, 5.74) is 3.27. The molecule has 2 heterocycles. The van der Waals surface area contributed by atoms with Gasteiger partial charge in [0.25, 0.3) is 11.8 Å². The number of piperidine rings is 1. The summed E-state index contributed by atoms with van der Waals surface area (Å²) >= 11 is 0. The Morgan fingerprint density at radius 3 is 2.53 bits per heavy atom. The summed E-state index contributed by atoms with van der Waals surface area (Å²) in [5.74, 6) is -0.504. The van der Waals surface area contributed by atoms with Crippen molar-refractivity contribution in [3.05, 3.63) is 28.8 Å². The average Bonchev–Trinajstić information content (AvgIpc) is 2.74. The predicted octanol–water partition coefficient (Wildman–Crippen LogP) is 2.12. The minimum atomic E-state index is -0.264. The van der Waals surface area contributed by atoms with Gasteiger partial charge >= 0.3 is 0 Å². The first-order valence-corrected chi connectivity index (χ1v) is 6.99. The highest BCUT2D eigenvalue weighted by Gasteiger charge is 2.31. The highest BCUT2D eigenvalue weighted by Crippen LogP contribution is 2.31. The number of hydrogen-bond donors (Lipinski definition) is 1. The average molecular weight is 258 g/mol. The molecule has 19 heavy (non-hydrogen) atoms. The fourth-order valence-corrected chi connectivity index (χ4v) is 3.11. The molecule has 1 N–H and O–H groups in total. The van der Waals surface area contributed by atoms with Gasteiger partial charge in [-0.1, -0.05) is 6.92 Å². The van der Waals surface area contributed by atoms with Crippen molar-refractivity contribution < 1.29 is 9.59 Å². The van der Waals surface area contributed by atoms with E-state index in [0.717, 1.165) is 30.8 Å². The molecule has 0 atom stereocenters. The molecule has 3 rings (SSSR count). The van der Waals surface area contributed by atoms with Crippen LogP contribution in [0, 0.1) is 0 Å². The van der Waals surface area contributed by atoms with Crippen molar-refractivity contribution in [3.63, 3.8) is 0 Å². The van der Waals surface area contributed by atoms with Crippen LogP contribution in [0.3, 0.4) is 0 Å². The fourth-order valence-electron chi connectivity index (χ4n) is 3.11. The number of fused-ring (bicyclic) bond motifs is 1. The zero-order valence-electron chi connectivity index (χ0n) is 11.2. The highest BCUT2D eigenvalue weighted by atomic mass is 16.2. The second kappa shape index (κ2) is 4.68. The zero-order valence-corrected chi connectivity index (χ0v) is 11.2. The quantitative estimate of drug-likeness (QED) is 0.827. The van der Waals surface area contributed by atoms with Gasteiger partial charge in [0, 0.05) is 18.8 Å². The molecule has 1 saturated heterocycles. The van der Waals surface area contributed by atoms with E-state index in [9.17, 15) is 9.59 Å². The second-order valence-electron chi connectivity index (χ2n) is 5.17. The Morgan fingerprint density at radius 1 is 1.11 bits per heavy atom. The standard InChI is InChI=1S/C15H18N2O2/c1-2-10-12(17-8-4-3-5-9-17)7-6-11-13(10)15(19)16-14(11)18/h6-7H,2-5,8-9H2,1H3,(H,16,18,19). The highest BCUT2D eigenvalue weighted by molar-refractivity contribution is 6.22. The fraction of sp³-hybridized carbons (Fsp3) is 0.467. The zero-order chi connectivity index (χ0) is 13.4. The van der Waals surface area contributed by atoms with Crippen LogP contribution in [0.1, 0.15) is 52.5 Å². The summed E-state index contributed by atoms with van der Waals surface area (Å²) in [7, 11) is 0. The molecule has 4 heteroatoms. The van der Waals surface area contributed by atoms with Gasteiger partial charge in [0.15, 0.2) is 0 Å². The van der Waals surface area contributed by atoms with Gasteiger partial charge in [0.2, 0.25) is 0 Å². The Morgan fingerprint density at radius 2 is 1.84 bits per heavy atom. The molecule has 100 valence electrons. The van der Waals surface area contributed by atoms with Crippen molar-refractivity contribution in [1.29, 1.82) is 0 Å². The lowest BCUT2D eigenvalue weighted by atomic mass is 9.97. The largest absolute Gasteiger partial charge is 0.371 e. The molecule has 0 bridgehead atoms. The molecule has 0 unspecified atom stereocenters. The maximum atomic E-state index is 11.9. The minimum absolute atomic E-state index is 0.240. The first kappa shape index (κ1) is 12.2. The van der Waals surface area contributed by atoms with Gasteiger partial charge in [-0.05, 0) is 43.4 Å². The first-order valence-electron chi connectivity index (χ1n) is 6.99. The summed E-state index contributed by atoms with van der Waals surface area (Å²) in [5, 5.41) is 2.39. The molecule has 2 aliphatic heterocycles. The van der Waals surface area contributed by atoms with Crippen molar-refractivity contribution in [1.82, 2.24) is 5.32 Å². The summed E-state index contributed by atoms with van der Waals surface area (Å²) in [6.07, 6.45) is 4.45. The lowest BCUT2D eigenvalue weighted by molar-refractivity contribution is 0.0879. The molecule has 2 amide bonds. The van der Waals surface area contributed by atoms with Crippen molar-refractivity contribution in [3.8, 4) is 0 Å². The third kappa shape index (κ3) is 1.91. The number of nitrogens with zero attached hydrogens (tertiary/aromatic N) is 1. The van der Waals surface area contributed by atoms with Gasteiger partial charge in [0.1, 0.15) is 0 Å². The van der Waals surface area contributed by atoms with Crippen LogP contribution in [-0.2, 0) is 6.42 Å². The SMILES string of the molecule is CCc1c(N2CCCCC2)ccc2c1C(=O)NC2=O. The smallest absolute Gasteiger partial charge is 0.259 e. The molecule has 1 aromatic rings. The van der Waals surface area contributed by atoms with Gasteiger partial charge < -0.3 is 4.90 Å². The normalized spacial score (nSPS) is 18.5. The molecule has 0 radical (unpaired) electrons. The third-order valence-electron chi connectivity index (χ3n) is 4.04. The van der Waals surface area contributed by atoms with E-state index in [4.69, 9.17) is 0 Å². The lowest BCUT2D eigenvalue weighted by Crippen LogP contribution is -2.30. The maximum Gasteiger partial charge on any atom is 0.259 e. The number of anilines is 1. The van der Waals surface area contributed by atoms with Crippen LogP contribution in [0.25, 0.3) is 0 Å². The van der Waals surface area contributed by atoms with Crippen LogP contribution in [0.4, 0.5) is 5.69 Å². The number of imide groups is 1. The van der Waals surface area contributed by atoms with E-state index in [-0.39, 0.29) is 11.8 Å². The number of rotatable bonds is 2. The number of carbonyl (C=O) groups is 2. The Bertz CT molecular complexity index is 545. The number of nitrogens with one attached hydrogen (secondary N) is 1. The van der Waals surface area contributed by atoms with Gasteiger partial charge in [0.05, 0.1) is 11.1 Å². The Hall–Kier alpha value is -1.84.